The standard InChI is InChI=1S/C18H19N3O2/c1-12-20-15(11-22-12)17-19-6-7-21(17)10-13-4-5-16-14(8-13)9-18(2,3)23-16/h4-8,11H,9-10H2,1-3H3. The lowest BCUT2D eigenvalue weighted by Crippen LogP contribution is -2.24. The van der Waals surface area contributed by atoms with Crippen LogP contribution in [0.2, 0.25) is 0 Å². The van der Waals surface area contributed by atoms with E-state index in [1.54, 1.807) is 12.5 Å². The molecule has 5 nitrogen and oxygen atoms in total. The molecule has 1 aliphatic heterocycles. The summed E-state index contributed by atoms with van der Waals surface area (Å²) in [5.41, 5.74) is 3.15. The van der Waals surface area contributed by atoms with Crippen molar-refractivity contribution in [3.63, 3.8) is 0 Å². The van der Waals surface area contributed by atoms with Crippen LogP contribution in [-0.2, 0) is 13.0 Å². The molecule has 5 heteroatoms. The largest absolute Gasteiger partial charge is 0.487 e. The molecule has 0 unspecified atom stereocenters. The lowest BCUT2D eigenvalue weighted by molar-refractivity contribution is 0.138. The number of imidazole rings is 1. The molecule has 1 aromatic carbocycles. The van der Waals surface area contributed by atoms with E-state index in [0.717, 1.165) is 30.2 Å². The molecule has 0 N–H and O–H groups in total. The van der Waals surface area contributed by atoms with Crippen LogP contribution in [0.1, 0.15) is 30.9 Å². The molecule has 0 amide bonds. The number of ether oxygens (including phenoxy) is 1. The fourth-order valence-electron chi connectivity index (χ4n) is 3.09. The molecule has 0 radical (unpaired) electrons. The van der Waals surface area contributed by atoms with Crippen molar-refractivity contribution in [1.29, 1.82) is 0 Å². The van der Waals surface area contributed by atoms with Crippen molar-refractivity contribution < 1.29 is 9.15 Å². The molecule has 4 rings (SSSR count). The van der Waals surface area contributed by atoms with E-state index in [0.29, 0.717) is 5.89 Å². The molecule has 0 aliphatic carbocycles. The maximum atomic E-state index is 5.94. The van der Waals surface area contributed by atoms with Crippen LogP contribution in [-0.4, -0.2) is 20.1 Å². The zero-order valence-electron chi connectivity index (χ0n) is 13.5. The molecule has 1 aliphatic rings. The Kier molecular flexibility index (Phi) is 3.04. The quantitative estimate of drug-likeness (QED) is 0.741. The number of rotatable bonds is 3. The molecular weight excluding hydrogens is 290 g/mol. The normalized spacial score (nSPS) is 15.4. The second kappa shape index (κ2) is 4.98. The average molecular weight is 309 g/mol. The van der Waals surface area contributed by atoms with E-state index in [4.69, 9.17) is 9.15 Å². The van der Waals surface area contributed by atoms with Crippen LogP contribution in [0, 0.1) is 6.92 Å². The van der Waals surface area contributed by atoms with Crippen LogP contribution in [0.4, 0.5) is 0 Å². The summed E-state index contributed by atoms with van der Waals surface area (Å²) in [6.07, 6.45) is 6.34. The van der Waals surface area contributed by atoms with Gasteiger partial charge in [0.1, 0.15) is 23.3 Å². The van der Waals surface area contributed by atoms with Crippen LogP contribution in [0.15, 0.2) is 41.3 Å². The van der Waals surface area contributed by atoms with Gasteiger partial charge in [-0.15, -0.1) is 0 Å². The Morgan fingerprint density at radius 2 is 2.17 bits per heavy atom. The van der Waals surface area contributed by atoms with Gasteiger partial charge in [0.2, 0.25) is 0 Å². The van der Waals surface area contributed by atoms with Crippen LogP contribution in [0.3, 0.4) is 0 Å². The van der Waals surface area contributed by atoms with Crippen LogP contribution >= 0.6 is 0 Å². The third-order valence-electron chi connectivity index (χ3n) is 4.04. The number of fused-ring (bicyclic) bond motifs is 1. The molecule has 3 heterocycles. The van der Waals surface area contributed by atoms with Gasteiger partial charge in [0.15, 0.2) is 11.7 Å². The molecule has 0 fully saturated rings. The molecular formula is C18H19N3O2. The van der Waals surface area contributed by atoms with Gasteiger partial charge in [-0.2, -0.15) is 0 Å². The van der Waals surface area contributed by atoms with E-state index in [9.17, 15) is 0 Å². The Morgan fingerprint density at radius 1 is 1.30 bits per heavy atom. The second-order valence-electron chi connectivity index (χ2n) is 6.61. The lowest BCUT2D eigenvalue weighted by Gasteiger charge is -2.16. The highest BCUT2D eigenvalue weighted by Crippen LogP contribution is 2.35. The zero-order chi connectivity index (χ0) is 16.0. The molecule has 3 aromatic rings. The number of hydrogen-bond acceptors (Lipinski definition) is 4. The molecule has 23 heavy (non-hydrogen) atoms. The number of benzene rings is 1. The highest BCUT2D eigenvalue weighted by atomic mass is 16.5. The third-order valence-corrected chi connectivity index (χ3v) is 4.04. The van der Waals surface area contributed by atoms with Gasteiger partial charge < -0.3 is 13.7 Å². The number of aryl methyl sites for hydroxylation is 1. The van der Waals surface area contributed by atoms with Crippen LogP contribution < -0.4 is 4.74 Å². The monoisotopic (exact) mass is 309 g/mol. The molecule has 0 bridgehead atoms. The molecule has 2 aromatic heterocycles. The Morgan fingerprint density at radius 3 is 2.96 bits per heavy atom. The SMILES string of the molecule is Cc1nc(-c2nccn2Cc2ccc3c(c2)CC(C)(C)O3)co1. The maximum Gasteiger partial charge on any atom is 0.191 e. The van der Waals surface area contributed by atoms with Crippen molar-refractivity contribution in [3.8, 4) is 17.3 Å². The van der Waals surface area contributed by atoms with Crippen LogP contribution in [0.25, 0.3) is 11.5 Å². The summed E-state index contributed by atoms with van der Waals surface area (Å²) in [6, 6.07) is 6.40. The summed E-state index contributed by atoms with van der Waals surface area (Å²) in [6.45, 7) is 6.81. The summed E-state index contributed by atoms with van der Waals surface area (Å²) in [7, 11) is 0. The fourth-order valence-corrected chi connectivity index (χ4v) is 3.09. The van der Waals surface area contributed by atoms with E-state index in [-0.39, 0.29) is 5.60 Å². The van der Waals surface area contributed by atoms with Crippen molar-refractivity contribution >= 4 is 0 Å². The lowest BCUT2D eigenvalue weighted by atomic mass is 10.0. The van der Waals surface area contributed by atoms with E-state index in [1.807, 2.05) is 13.1 Å². The number of aromatic nitrogens is 3. The summed E-state index contributed by atoms with van der Waals surface area (Å²) < 4.78 is 13.3. The van der Waals surface area contributed by atoms with Gasteiger partial charge in [0.25, 0.3) is 0 Å². The smallest absolute Gasteiger partial charge is 0.191 e. The summed E-state index contributed by atoms with van der Waals surface area (Å²) in [4.78, 5) is 8.77. The van der Waals surface area contributed by atoms with Gasteiger partial charge >= 0.3 is 0 Å². The van der Waals surface area contributed by atoms with Crippen molar-refractivity contribution in [2.24, 2.45) is 0 Å². The minimum absolute atomic E-state index is 0.112. The Hall–Kier alpha value is -2.56. The van der Waals surface area contributed by atoms with Crippen molar-refractivity contribution in [2.75, 3.05) is 0 Å². The first kappa shape index (κ1) is 14.1. The van der Waals surface area contributed by atoms with E-state index < -0.39 is 0 Å². The van der Waals surface area contributed by atoms with Gasteiger partial charge in [-0.1, -0.05) is 12.1 Å². The maximum absolute atomic E-state index is 5.94. The molecule has 0 saturated carbocycles. The first-order valence-corrected chi connectivity index (χ1v) is 7.75. The Labute approximate surface area is 134 Å². The molecule has 118 valence electrons. The Balaban J connectivity index is 1.62. The zero-order valence-corrected chi connectivity index (χ0v) is 13.5. The predicted molar refractivity (Wildman–Crippen MR) is 86.4 cm³/mol. The number of oxazole rings is 1. The average Bonchev–Trinajstić information content (AvgIpc) is 3.16. The highest BCUT2D eigenvalue weighted by molar-refractivity contribution is 5.48. The first-order chi connectivity index (χ1) is 11.0. The molecule has 0 spiro atoms. The fraction of sp³-hybridized carbons (Fsp3) is 0.333. The minimum atomic E-state index is -0.112. The Bertz CT molecular complexity index is 861. The van der Waals surface area contributed by atoms with Crippen molar-refractivity contribution in [2.45, 2.75) is 39.3 Å². The molecule has 0 atom stereocenters. The van der Waals surface area contributed by atoms with E-state index in [2.05, 4.69) is 46.6 Å². The van der Waals surface area contributed by atoms with Gasteiger partial charge in [-0.25, -0.2) is 9.97 Å². The second-order valence-corrected chi connectivity index (χ2v) is 6.61. The van der Waals surface area contributed by atoms with Gasteiger partial charge in [0.05, 0.1) is 0 Å². The third kappa shape index (κ3) is 2.63. The predicted octanol–water partition coefficient (Wildman–Crippen LogP) is 3.61. The van der Waals surface area contributed by atoms with Crippen molar-refractivity contribution in [1.82, 2.24) is 14.5 Å². The summed E-state index contributed by atoms with van der Waals surface area (Å²) in [5, 5.41) is 0. The van der Waals surface area contributed by atoms with Crippen LogP contribution in [0.5, 0.6) is 5.75 Å². The molecule has 0 saturated heterocycles. The van der Waals surface area contributed by atoms with E-state index >= 15 is 0 Å². The van der Waals surface area contributed by atoms with E-state index in [1.165, 1.54) is 11.1 Å². The number of hydrogen-bond donors (Lipinski definition) is 0. The van der Waals surface area contributed by atoms with Gasteiger partial charge in [-0.05, 0) is 31.0 Å². The van der Waals surface area contributed by atoms with Gasteiger partial charge in [-0.3, -0.25) is 0 Å². The topological polar surface area (TPSA) is 53.1 Å². The summed E-state index contributed by atoms with van der Waals surface area (Å²) in [5.74, 6) is 2.46. The van der Waals surface area contributed by atoms with Gasteiger partial charge in [0, 0.05) is 32.3 Å². The summed E-state index contributed by atoms with van der Waals surface area (Å²) >= 11 is 0. The van der Waals surface area contributed by atoms with Crippen molar-refractivity contribution in [3.05, 3.63) is 53.9 Å². The highest BCUT2D eigenvalue weighted by Gasteiger charge is 2.29. The first-order valence-electron chi connectivity index (χ1n) is 7.75. The number of nitrogens with zero attached hydrogens (tertiary/aromatic N) is 3. The minimum Gasteiger partial charge on any atom is -0.487 e.